The maximum atomic E-state index is 14.9. The van der Waals surface area contributed by atoms with E-state index in [1.165, 1.54) is 0 Å². The van der Waals surface area contributed by atoms with Gasteiger partial charge in [-0.25, -0.2) is 22.0 Å². The first kappa shape index (κ1) is 35.1. The molecule has 46 heavy (non-hydrogen) atoms. The minimum absolute atomic E-state index is 0.175. The summed E-state index contributed by atoms with van der Waals surface area (Å²) in [5, 5.41) is 4.92. The molecule has 3 N–H and O–H groups in total. The van der Waals surface area contributed by atoms with Gasteiger partial charge in [0.15, 0.2) is 5.82 Å². The molecule has 0 radical (unpaired) electrons. The molecule has 4 rings (SSSR count). The van der Waals surface area contributed by atoms with Crippen molar-refractivity contribution in [2.75, 3.05) is 16.0 Å². The number of halogens is 13. The second-order valence-electron chi connectivity index (χ2n) is 9.70. The number of benzene rings is 3. The van der Waals surface area contributed by atoms with Crippen molar-refractivity contribution in [1.82, 2.24) is 0 Å². The molecule has 19 heteroatoms. The molecule has 0 saturated heterocycles. The minimum atomic E-state index is -5.31. The molecule has 0 heterocycles. The fourth-order valence-electron chi connectivity index (χ4n) is 4.27. The summed E-state index contributed by atoms with van der Waals surface area (Å²) < 4.78 is 132. The van der Waals surface area contributed by atoms with Crippen LogP contribution in [0.15, 0.2) is 48.5 Å². The van der Waals surface area contributed by atoms with Gasteiger partial charge in [-0.1, -0.05) is 11.6 Å². The SMILES string of the molecule is O=C(Nc1ccc(F)c(NC(=O)C(F)(F)C(F)F)c1F)c1cc(NC(=O)[C@H]2C(c3cc(F)cc(C(F)(F)F)c3)C2(Cl)Cl)ccc1Cl. The molecule has 1 fully saturated rings. The predicted octanol–water partition coefficient (Wildman–Crippen LogP) is 8.39. The monoisotopic (exact) mass is 723 g/mol. The van der Waals surface area contributed by atoms with Gasteiger partial charge < -0.3 is 16.0 Å². The first-order valence-corrected chi connectivity index (χ1v) is 13.4. The van der Waals surface area contributed by atoms with Gasteiger partial charge in [-0.05, 0) is 54.1 Å². The average Bonchev–Trinajstić information content (AvgIpc) is 3.54. The van der Waals surface area contributed by atoms with Gasteiger partial charge in [-0.3, -0.25) is 14.4 Å². The zero-order valence-electron chi connectivity index (χ0n) is 22.0. The Morgan fingerprint density at radius 3 is 2.11 bits per heavy atom. The molecule has 3 aromatic carbocycles. The van der Waals surface area contributed by atoms with Crippen LogP contribution in [0.2, 0.25) is 5.02 Å². The summed E-state index contributed by atoms with van der Waals surface area (Å²) in [5.41, 5.74) is -4.82. The highest BCUT2D eigenvalue weighted by Gasteiger charge is 2.68. The Hall–Kier alpha value is -3.76. The highest BCUT2D eigenvalue weighted by atomic mass is 35.5. The van der Waals surface area contributed by atoms with E-state index in [0.29, 0.717) is 18.2 Å². The summed E-state index contributed by atoms with van der Waals surface area (Å²) >= 11 is 18.3. The lowest BCUT2D eigenvalue weighted by Gasteiger charge is -2.17. The normalized spacial score (nSPS) is 17.4. The lowest BCUT2D eigenvalue weighted by atomic mass is 10.0. The highest BCUT2D eigenvalue weighted by Crippen LogP contribution is 2.65. The predicted molar refractivity (Wildman–Crippen MR) is 146 cm³/mol. The standard InChI is InChI=1S/C27H14Cl3F10N3O3/c28-14-2-1-12(41-22(45)18-17(25(18,29)30)9-5-10(27(38,39)40)7-11(31)6-9)8-13(14)21(44)42-16-4-3-15(32)20(19(16)33)43-24(46)26(36,37)23(34)35/h1-8,17-18,23H,(H,41,45)(H,42,44)(H,43,46)/t17?,18-/m1/s1. The van der Waals surface area contributed by atoms with Gasteiger partial charge >= 0.3 is 24.4 Å². The van der Waals surface area contributed by atoms with Crippen molar-refractivity contribution in [2.45, 2.75) is 28.8 Å². The van der Waals surface area contributed by atoms with E-state index in [-0.39, 0.29) is 22.3 Å². The van der Waals surface area contributed by atoms with Gasteiger partial charge in [0.05, 0.1) is 27.8 Å². The van der Waals surface area contributed by atoms with Crippen LogP contribution in [-0.4, -0.2) is 34.4 Å². The van der Waals surface area contributed by atoms with Crippen LogP contribution in [-0.2, 0) is 15.8 Å². The molecule has 246 valence electrons. The van der Waals surface area contributed by atoms with Crippen LogP contribution in [0.3, 0.4) is 0 Å². The molecule has 3 aromatic rings. The lowest BCUT2D eigenvalue weighted by molar-refractivity contribution is -0.163. The molecule has 1 unspecified atom stereocenters. The Bertz CT molecular complexity index is 1740. The van der Waals surface area contributed by atoms with E-state index in [1.807, 2.05) is 5.32 Å². The molecular formula is C27H14Cl3F10N3O3. The summed E-state index contributed by atoms with van der Waals surface area (Å²) in [4.78, 5) is 37.3. The van der Waals surface area contributed by atoms with Gasteiger partial charge in [-0.15, -0.1) is 23.2 Å². The summed E-state index contributed by atoms with van der Waals surface area (Å²) in [5.74, 6) is -17.7. The second-order valence-corrected chi connectivity index (χ2v) is 11.6. The van der Waals surface area contributed by atoms with Gasteiger partial charge in [0.2, 0.25) is 5.91 Å². The number of alkyl halides is 9. The summed E-state index contributed by atoms with van der Waals surface area (Å²) in [6, 6.07) is 5.76. The fourth-order valence-corrected chi connectivity index (χ4v) is 5.30. The van der Waals surface area contributed by atoms with Crippen molar-refractivity contribution in [2.24, 2.45) is 5.92 Å². The van der Waals surface area contributed by atoms with Crippen LogP contribution < -0.4 is 16.0 Å². The van der Waals surface area contributed by atoms with Crippen molar-refractivity contribution in [1.29, 1.82) is 0 Å². The van der Waals surface area contributed by atoms with E-state index < -0.39 is 92.4 Å². The number of amides is 3. The van der Waals surface area contributed by atoms with Crippen molar-refractivity contribution in [3.05, 3.63) is 87.7 Å². The van der Waals surface area contributed by atoms with Gasteiger partial charge in [0.1, 0.15) is 21.7 Å². The topological polar surface area (TPSA) is 87.3 Å². The minimum Gasteiger partial charge on any atom is -0.326 e. The molecule has 1 aliphatic carbocycles. The Morgan fingerprint density at radius 2 is 1.50 bits per heavy atom. The fraction of sp³-hybridized carbons (Fsp3) is 0.222. The van der Waals surface area contributed by atoms with Gasteiger partial charge in [0, 0.05) is 11.6 Å². The van der Waals surface area contributed by atoms with Crippen molar-refractivity contribution >= 4 is 69.6 Å². The Labute approximate surface area is 266 Å². The number of hydrogen-bond acceptors (Lipinski definition) is 3. The van der Waals surface area contributed by atoms with E-state index in [4.69, 9.17) is 34.8 Å². The summed E-state index contributed by atoms with van der Waals surface area (Å²) in [6.07, 6.45) is -9.42. The largest absolute Gasteiger partial charge is 0.416 e. The van der Waals surface area contributed by atoms with E-state index in [9.17, 15) is 58.3 Å². The van der Waals surface area contributed by atoms with E-state index in [2.05, 4.69) is 5.32 Å². The molecule has 0 spiro atoms. The molecule has 1 saturated carbocycles. The third-order valence-corrected chi connectivity index (χ3v) is 7.85. The van der Waals surface area contributed by atoms with Crippen molar-refractivity contribution in [3.8, 4) is 0 Å². The van der Waals surface area contributed by atoms with Crippen LogP contribution in [0, 0.1) is 23.4 Å². The van der Waals surface area contributed by atoms with E-state index in [1.54, 1.807) is 0 Å². The molecule has 3 amide bonds. The summed E-state index contributed by atoms with van der Waals surface area (Å²) in [6.45, 7) is 0. The third-order valence-electron chi connectivity index (χ3n) is 6.58. The molecule has 0 bridgehead atoms. The van der Waals surface area contributed by atoms with Gasteiger partial charge in [0.25, 0.3) is 5.91 Å². The molecular weight excluding hydrogens is 711 g/mol. The number of nitrogens with one attached hydrogen (secondary N) is 3. The van der Waals surface area contributed by atoms with Crippen LogP contribution in [0.1, 0.15) is 27.4 Å². The van der Waals surface area contributed by atoms with Crippen LogP contribution >= 0.6 is 34.8 Å². The summed E-state index contributed by atoms with van der Waals surface area (Å²) in [7, 11) is 0. The number of rotatable bonds is 8. The van der Waals surface area contributed by atoms with Crippen LogP contribution in [0.25, 0.3) is 0 Å². The number of hydrogen-bond donors (Lipinski definition) is 3. The van der Waals surface area contributed by atoms with E-state index in [0.717, 1.165) is 29.6 Å². The first-order valence-electron chi connectivity index (χ1n) is 12.3. The number of anilines is 3. The second kappa shape index (κ2) is 12.4. The number of carbonyl (C=O) groups is 3. The zero-order valence-corrected chi connectivity index (χ0v) is 24.3. The maximum Gasteiger partial charge on any atom is 0.416 e. The Kier molecular flexibility index (Phi) is 9.50. The van der Waals surface area contributed by atoms with E-state index >= 15 is 0 Å². The highest BCUT2D eigenvalue weighted by molar-refractivity contribution is 6.53. The van der Waals surface area contributed by atoms with Crippen LogP contribution in [0.5, 0.6) is 0 Å². The quantitative estimate of drug-likeness (QED) is 0.161. The smallest absolute Gasteiger partial charge is 0.326 e. The average molecular weight is 725 g/mol. The Morgan fingerprint density at radius 1 is 0.848 bits per heavy atom. The molecule has 0 aromatic heterocycles. The third kappa shape index (κ3) is 6.98. The lowest BCUT2D eigenvalue weighted by Crippen LogP contribution is -2.41. The molecule has 6 nitrogen and oxygen atoms in total. The number of carbonyl (C=O) groups excluding carboxylic acids is 3. The first-order chi connectivity index (χ1) is 21.2. The Balaban J connectivity index is 1.53. The van der Waals surface area contributed by atoms with Crippen LogP contribution in [0.4, 0.5) is 61.0 Å². The zero-order chi connectivity index (χ0) is 34.5. The van der Waals surface area contributed by atoms with Crippen molar-refractivity contribution in [3.63, 3.8) is 0 Å². The van der Waals surface area contributed by atoms with Crippen molar-refractivity contribution < 1.29 is 58.3 Å². The molecule has 1 aliphatic rings. The van der Waals surface area contributed by atoms with Gasteiger partial charge in [-0.2, -0.15) is 22.0 Å². The molecule has 2 atom stereocenters. The molecule has 0 aliphatic heterocycles. The maximum absolute atomic E-state index is 14.9.